The molecule has 0 N–H and O–H groups in total. The number of thiazole rings is 1. The number of benzene rings is 1. The summed E-state index contributed by atoms with van der Waals surface area (Å²) in [4.78, 5) is 20.0. The van der Waals surface area contributed by atoms with E-state index < -0.39 is 0 Å². The lowest BCUT2D eigenvalue weighted by atomic mass is 10.2. The van der Waals surface area contributed by atoms with Crippen LogP contribution in [0.5, 0.6) is 0 Å². The number of fused-ring (bicyclic) bond motifs is 1. The van der Waals surface area contributed by atoms with Gasteiger partial charge in [0.15, 0.2) is 5.82 Å². The van der Waals surface area contributed by atoms with Gasteiger partial charge in [-0.15, -0.1) is 21.5 Å². The van der Waals surface area contributed by atoms with Gasteiger partial charge in [0.25, 0.3) is 5.91 Å². The molecule has 2 aromatic heterocycles. The molecule has 0 atom stereocenters. The molecule has 0 saturated heterocycles. The first kappa shape index (κ1) is 15.0. The highest BCUT2D eigenvalue weighted by Crippen LogP contribution is 2.29. The average Bonchev–Trinajstić information content (AvgIpc) is 3.18. The summed E-state index contributed by atoms with van der Waals surface area (Å²) in [7, 11) is 0. The van der Waals surface area contributed by atoms with Crippen LogP contribution in [0, 0.1) is 13.8 Å². The number of hydrogen-bond acceptors (Lipinski definition) is 5. The Kier molecular flexibility index (Phi) is 3.65. The van der Waals surface area contributed by atoms with Crippen molar-refractivity contribution in [2.75, 3.05) is 6.54 Å². The van der Waals surface area contributed by atoms with Gasteiger partial charge in [0, 0.05) is 18.7 Å². The molecule has 0 bridgehead atoms. The maximum absolute atomic E-state index is 12.9. The standard InChI is InChI=1S/C17H17N5OS/c1-11-15(24-16(18-11)13-6-4-3-5-7-13)17(23)21-8-9-22-12(2)19-20-14(22)10-21/h3-7H,8-10H2,1-2H3. The molecule has 3 heterocycles. The van der Waals surface area contributed by atoms with E-state index in [0.29, 0.717) is 18.0 Å². The Morgan fingerprint density at radius 3 is 2.71 bits per heavy atom. The number of carbonyl (C=O) groups is 1. The van der Waals surface area contributed by atoms with E-state index in [1.165, 1.54) is 11.3 Å². The molecule has 0 radical (unpaired) electrons. The summed E-state index contributed by atoms with van der Waals surface area (Å²) in [5.74, 6) is 1.77. The Hall–Kier alpha value is -2.54. The fourth-order valence-corrected chi connectivity index (χ4v) is 3.96. The highest BCUT2D eigenvalue weighted by molar-refractivity contribution is 7.17. The van der Waals surface area contributed by atoms with Crippen molar-refractivity contribution in [1.82, 2.24) is 24.6 Å². The maximum atomic E-state index is 12.9. The van der Waals surface area contributed by atoms with Gasteiger partial charge >= 0.3 is 0 Å². The van der Waals surface area contributed by atoms with Crippen LogP contribution < -0.4 is 0 Å². The van der Waals surface area contributed by atoms with Crippen LogP contribution in [-0.2, 0) is 13.1 Å². The smallest absolute Gasteiger partial charge is 0.266 e. The van der Waals surface area contributed by atoms with Crippen molar-refractivity contribution in [2.24, 2.45) is 0 Å². The summed E-state index contributed by atoms with van der Waals surface area (Å²) in [6, 6.07) is 9.96. The third-order valence-electron chi connectivity index (χ3n) is 4.24. The SMILES string of the molecule is Cc1nc(-c2ccccc2)sc1C(=O)N1CCn2c(C)nnc2C1. The van der Waals surface area contributed by atoms with E-state index in [1.54, 1.807) is 0 Å². The summed E-state index contributed by atoms with van der Waals surface area (Å²) in [5, 5.41) is 9.14. The summed E-state index contributed by atoms with van der Waals surface area (Å²) in [6.45, 7) is 5.74. The van der Waals surface area contributed by atoms with Gasteiger partial charge in [-0.25, -0.2) is 4.98 Å². The van der Waals surface area contributed by atoms with Crippen LogP contribution in [0.2, 0.25) is 0 Å². The van der Waals surface area contributed by atoms with Gasteiger partial charge in [-0.05, 0) is 13.8 Å². The van der Waals surface area contributed by atoms with E-state index in [9.17, 15) is 4.79 Å². The van der Waals surface area contributed by atoms with Crippen LogP contribution in [0.25, 0.3) is 10.6 Å². The lowest BCUT2D eigenvalue weighted by Gasteiger charge is -2.27. The fourth-order valence-electron chi connectivity index (χ4n) is 2.92. The Bertz CT molecular complexity index is 899. The average molecular weight is 339 g/mol. The van der Waals surface area contributed by atoms with E-state index in [0.717, 1.165) is 34.5 Å². The largest absolute Gasteiger partial charge is 0.329 e. The van der Waals surface area contributed by atoms with Crippen LogP contribution in [0.4, 0.5) is 0 Å². The number of aryl methyl sites for hydroxylation is 2. The molecule has 4 rings (SSSR count). The monoisotopic (exact) mass is 339 g/mol. The van der Waals surface area contributed by atoms with Crippen LogP contribution >= 0.6 is 11.3 Å². The molecule has 6 nitrogen and oxygen atoms in total. The Morgan fingerprint density at radius 2 is 1.92 bits per heavy atom. The van der Waals surface area contributed by atoms with Gasteiger partial charge < -0.3 is 9.47 Å². The molecule has 24 heavy (non-hydrogen) atoms. The molecule has 0 unspecified atom stereocenters. The minimum Gasteiger partial charge on any atom is -0.329 e. The van der Waals surface area contributed by atoms with Crippen molar-refractivity contribution in [3.63, 3.8) is 0 Å². The minimum atomic E-state index is 0.0269. The van der Waals surface area contributed by atoms with E-state index >= 15 is 0 Å². The van der Waals surface area contributed by atoms with Crippen LogP contribution in [0.1, 0.15) is 27.0 Å². The molecule has 0 aliphatic carbocycles. The second-order valence-corrected chi connectivity index (χ2v) is 6.84. The number of aromatic nitrogens is 4. The van der Waals surface area contributed by atoms with Gasteiger partial charge in [0.2, 0.25) is 0 Å². The molecule has 0 spiro atoms. The molecular formula is C17H17N5OS. The Labute approximate surface area is 143 Å². The van der Waals surface area contributed by atoms with Crippen LogP contribution in [0.3, 0.4) is 0 Å². The molecule has 1 amide bonds. The first-order chi connectivity index (χ1) is 11.6. The number of hydrogen-bond donors (Lipinski definition) is 0. The second kappa shape index (κ2) is 5.83. The van der Waals surface area contributed by atoms with Crippen molar-refractivity contribution in [3.8, 4) is 10.6 Å². The second-order valence-electron chi connectivity index (χ2n) is 5.84. The zero-order valence-corrected chi connectivity index (χ0v) is 14.4. The maximum Gasteiger partial charge on any atom is 0.266 e. The number of carbonyl (C=O) groups excluding carboxylic acids is 1. The van der Waals surface area contributed by atoms with Crippen LogP contribution in [-0.4, -0.2) is 37.1 Å². The van der Waals surface area contributed by atoms with E-state index in [2.05, 4.69) is 19.7 Å². The zero-order chi connectivity index (χ0) is 16.7. The Morgan fingerprint density at radius 1 is 1.12 bits per heavy atom. The molecule has 1 aromatic carbocycles. The molecule has 122 valence electrons. The highest BCUT2D eigenvalue weighted by Gasteiger charge is 2.27. The van der Waals surface area contributed by atoms with Crippen molar-refractivity contribution >= 4 is 17.2 Å². The fraction of sp³-hybridized carbons (Fsp3) is 0.294. The molecular weight excluding hydrogens is 322 g/mol. The summed E-state index contributed by atoms with van der Waals surface area (Å²) in [5.41, 5.74) is 1.82. The van der Waals surface area contributed by atoms with E-state index in [4.69, 9.17) is 0 Å². The lowest BCUT2D eigenvalue weighted by Crippen LogP contribution is -2.38. The summed E-state index contributed by atoms with van der Waals surface area (Å²) in [6.07, 6.45) is 0. The van der Waals surface area contributed by atoms with Crippen molar-refractivity contribution in [3.05, 3.63) is 52.6 Å². The molecule has 1 aliphatic rings. The number of rotatable bonds is 2. The predicted molar refractivity (Wildman–Crippen MR) is 91.8 cm³/mol. The van der Waals surface area contributed by atoms with Gasteiger partial charge in [0.05, 0.1) is 12.2 Å². The third-order valence-corrected chi connectivity index (χ3v) is 5.43. The zero-order valence-electron chi connectivity index (χ0n) is 13.6. The third kappa shape index (κ3) is 2.50. The Balaban J connectivity index is 1.60. The quantitative estimate of drug-likeness (QED) is 0.720. The molecule has 0 saturated carbocycles. The molecule has 1 aliphatic heterocycles. The predicted octanol–water partition coefficient (Wildman–Crippen LogP) is 2.67. The van der Waals surface area contributed by atoms with E-state index in [-0.39, 0.29) is 5.91 Å². The first-order valence-corrected chi connectivity index (χ1v) is 8.66. The summed E-state index contributed by atoms with van der Waals surface area (Å²) >= 11 is 1.46. The van der Waals surface area contributed by atoms with Gasteiger partial charge in [-0.1, -0.05) is 30.3 Å². The highest BCUT2D eigenvalue weighted by atomic mass is 32.1. The number of amides is 1. The molecule has 7 heteroatoms. The van der Waals surface area contributed by atoms with Crippen molar-refractivity contribution < 1.29 is 4.79 Å². The minimum absolute atomic E-state index is 0.0269. The van der Waals surface area contributed by atoms with Crippen molar-refractivity contribution in [1.29, 1.82) is 0 Å². The topological polar surface area (TPSA) is 63.9 Å². The van der Waals surface area contributed by atoms with Crippen molar-refractivity contribution in [2.45, 2.75) is 26.9 Å². The normalized spacial score (nSPS) is 13.8. The van der Waals surface area contributed by atoms with Gasteiger partial charge in [-0.3, -0.25) is 4.79 Å². The van der Waals surface area contributed by atoms with Gasteiger partial charge in [0.1, 0.15) is 15.7 Å². The first-order valence-electron chi connectivity index (χ1n) is 7.84. The lowest BCUT2D eigenvalue weighted by molar-refractivity contribution is 0.0710. The van der Waals surface area contributed by atoms with E-state index in [1.807, 2.05) is 49.1 Å². The van der Waals surface area contributed by atoms with Crippen LogP contribution in [0.15, 0.2) is 30.3 Å². The van der Waals surface area contributed by atoms with Gasteiger partial charge in [-0.2, -0.15) is 0 Å². The summed E-state index contributed by atoms with van der Waals surface area (Å²) < 4.78 is 2.07. The molecule has 0 fully saturated rings. The number of nitrogens with zero attached hydrogens (tertiary/aromatic N) is 5. The molecule has 3 aromatic rings.